The maximum atomic E-state index is 10.8. The Labute approximate surface area is 66.2 Å². The van der Waals surface area contributed by atoms with Gasteiger partial charge in [0.05, 0.1) is 4.92 Å². The first-order valence-corrected chi connectivity index (χ1v) is 2.93. The van der Waals surface area contributed by atoms with Crippen molar-refractivity contribution in [3.8, 4) is 6.07 Å². The van der Waals surface area contributed by atoms with E-state index >= 15 is 0 Å². The number of H-pyrrole nitrogens is 1. The summed E-state index contributed by atoms with van der Waals surface area (Å²) in [5.41, 5.74) is -1.42. The van der Waals surface area contributed by atoms with Crippen LogP contribution in [0.5, 0.6) is 0 Å². The summed E-state index contributed by atoms with van der Waals surface area (Å²) in [6.45, 7) is 0. The first-order chi connectivity index (χ1) is 5.65. The van der Waals surface area contributed by atoms with E-state index in [2.05, 4.69) is 0 Å². The topological polar surface area (TPSA) is 99.8 Å². The molecule has 0 amide bonds. The molecule has 0 aromatic carbocycles. The SMILES string of the molecule is N#Cc1ccc([N+](=O)[O-])c(=O)[nH]1. The smallest absolute Gasteiger partial charge is 0.308 e. The highest BCUT2D eigenvalue weighted by Gasteiger charge is 2.10. The fourth-order valence-corrected chi connectivity index (χ4v) is 0.675. The third-order valence-electron chi connectivity index (χ3n) is 1.21. The molecule has 1 aromatic rings. The van der Waals surface area contributed by atoms with Crippen LogP contribution in [0.3, 0.4) is 0 Å². The Kier molecular flexibility index (Phi) is 1.88. The first-order valence-electron chi connectivity index (χ1n) is 2.93. The molecule has 0 radical (unpaired) electrons. The summed E-state index contributed by atoms with van der Waals surface area (Å²) < 4.78 is 0. The quantitative estimate of drug-likeness (QED) is 0.472. The summed E-state index contributed by atoms with van der Waals surface area (Å²) in [4.78, 5) is 22.2. The van der Waals surface area contributed by atoms with Crippen LogP contribution < -0.4 is 5.56 Å². The van der Waals surface area contributed by atoms with Crippen LogP contribution in [0.1, 0.15) is 5.69 Å². The minimum absolute atomic E-state index is 0.00519. The van der Waals surface area contributed by atoms with E-state index in [0.717, 1.165) is 6.07 Å². The van der Waals surface area contributed by atoms with Crippen LogP contribution in [-0.4, -0.2) is 9.91 Å². The zero-order valence-corrected chi connectivity index (χ0v) is 5.77. The lowest BCUT2D eigenvalue weighted by Gasteiger charge is -1.89. The molecule has 0 spiro atoms. The molecule has 0 atom stereocenters. The number of aromatic amines is 1. The van der Waals surface area contributed by atoms with Gasteiger partial charge >= 0.3 is 11.2 Å². The zero-order valence-electron chi connectivity index (χ0n) is 5.77. The molecule has 6 heteroatoms. The van der Waals surface area contributed by atoms with E-state index in [1.165, 1.54) is 6.07 Å². The molecule has 0 saturated carbocycles. The van der Waals surface area contributed by atoms with Crippen LogP contribution in [0, 0.1) is 21.4 Å². The Balaban J connectivity index is 3.33. The molecular formula is C6H3N3O3. The molecule has 0 unspecified atom stereocenters. The van der Waals surface area contributed by atoms with Crippen LogP contribution >= 0.6 is 0 Å². The summed E-state index contributed by atoms with van der Waals surface area (Å²) in [6, 6.07) is 3.83. The van der Waals surface area contributed by atoms with Crippen molar-refractivity contribution in [3.05, 3.63) is 38.3 Å². The monoisotopic (exact) mass is 165 g/mol. The Morgan fingerprint density at radius 2 is 2.25 bits per heavy atom. The minimum Gasteiger partial charge on any atom is -0.308 e. The number of nitriles is 1. The van der Waals surface area contributed by atoms with E-state index in [9.17, 15) is 14.9 Å². The molecule has 0 aliphatic carbocycles. The fourth-order valence-electron chi connectivity index (χ4n) is 0.675. The molecule has 0 saturated heterocycles. The van der Waals surface area contributed by atoms with Gasteiger partial charge in [0, 0.05) is 6.07 Å². The highest BCUT2D eigenvalue weighted by atomic mass is 16.6. The van der Waals surface area contributed by atoms with Crippen molar-refractivity contribution < 1.29 is 4.92 Å². The molecule has 1 rings (SSSR count). The third kappa shape index (κ3) is 1.29. The molecule has 12 heavy (non-hydrogen) atoms. The molecule has 1 heterocycles. The van der Waals surface area contributed by atoms with Crippen molar-refractivity contribution in [2.45, 2.75) is 0 Å². The summed E-state index contributed by atoms with van der Waals surface area (Å²) in [6.07, 6.45) is 0. The summed E-state index contributed by atoms with van der Waals surface area (Å²) in [7, 11) is 0. The molecular weight excluding hydrogens is 162 g/mol. The van der Waals surface area contributed by atoms with Crippen molar-refractivity contribution in [1.82, 2.24) is 4.98 Å². The number of rotatable bonds is 1. The normalized spacial score (nSPS) is 8.92. The Morgan fingerprint density at radius 3 is 2.67 bits per heavy atom. The van der Waals surface area contributed by atoms with Crippen LogP contribution in [0.25, 0.3) is 0 Å². The molecule has 0 aliphatic rings. The second-order valence-corrected chi connectivity index (χ2v) is 1.96. The molecule has 6 nitrogen and oxygen atoms in total. The van der Waals surface area contributed by atoms with E-state index < -0.39 is 16.2 Å². The van der Waals surface area contributed by atoms with Gasteiger partial charge in [-0.25, -0.2) is 0 Å². The largest absolute Gasteiger partial charge is 0.333 e. The second kappa shape index (κ2) is 2.84. The number of hydrogen-bond acceptors (Lipinski definition) is 4. The standard InChI is InChI=1S/C6H3N3O3/c7-3-4-1-2-5(9(11)12)6(10)8-4/h1-2H,(H,8,10). The lowest BCUT2D eigenvalue weighted by atomic mass is 10.3. The van der Waals surface area contributed by atoms with Crippen molar-refractivity contribution in [2.75, 3.05) is 0 Å². The molecule has 0 bridgehead atoms. The van der Waals surface area contributed by atoms with Crippen LogP contribution in [0.15, 0.2) is 16.9 Å². The lowest BCUT2D eigenvalue weighted by molar-refractivity contribution is -0.386. The van der Waals surface area contributed by atoms with Crippen molar-refractivity contribution in [3.63, 3.8) is 0 Å². The number of pyridine rings is 1. The highest BCUT2D eigenvalue weighted by molar-refractivity contribution is 5.31. The summed E-state index contributed by atoms with van der Waals surface area (Å²) in [5.74, 6) is 0. The average Bonchev–Trinajstić information content (AvgIpc) is 2.03. The number of nitro groups is 1. The predicted molar refractivity (Wildman–Crippen MR) is 38.4 cm³/mol. The van der Waals surface area contributed by atoms with Gasteiger partial charge in [0.2, 0.25) is 0 Å². The van der Waals surface area contributed by atoms with Gasteiger partial charge in [0.15, 0.2) is 0 Å². The Bertz CT molecular complexity index is 415. The van der Waals surface area contributed by atoms with Crippen LogP contribution in [-0.2, 0) is 0 Å². The number of aromatic nitrogens is 1. The maximum Gasteiger partial charge on any atom is 0.333 e. The molecule has 1 N–H and O–H groups in total. The van der Waals surface area contributed by atoms with E-state index in [4.69, 9.17) is 5.26 Å². The van der Waals surface area contributed by atoms with Gasteiger partial charge in [-0.2, -0.15) is 5.26 Å². The molecule has 60 valence electrons. The van der Waals surface area contributed by atoms with Gasteiger partial charge in [-0.1, -0.05) is 0 Å². The first kappa shape index (κ1) is 7.94. The van der Waals surface area contributed by atoms with Crippen LogP contribution in [0.2, 0.25) is 0 Å². The number of nitrogens with zero attached hydrogens (tertiary/aromatic N) is 2. The Morgan fingerprint density at radius 1 is 1.58 bits per heavy atom. The zero-order chi connectivity index (χ0) is 9.14. The number of nitrogens with one attached hydrogen (secondary N) is 1. The molecule has 0 fully saturated rings. The average molecular weight is 165 g/mol. The number of hydrogen-bond donors (Lipinski definition) is 1. The van der Waals surface area contributed by atoms with Gasteiger partial charge in [0.1, 0.15) is 11.8 Å². The minimum atomic E-state index is -0.862. The lowest BCUT2D eigenvalue weighted by Crippen LogP contribution is -2.11. The molecule has 0 aliphatic heterocycles. The van der Waals surface area contributed by atoms with Crippen molar-refractivity contribution in [1.29, 1.82) is 5.26 Å². The predicted octanol–water partition coefficient (Wildman–Crippen LogP) is 0.155. The van der Waals surface area contributed by atoms with Gasteiger partial charge in [-0.3, -0.25) is 14.9 Å². The van der Waals surface area contributed by atoms with Gasteiger partial charge in [0.25, 0.3) is 0 Å². The van der Waals surface area contributed by atoms with Crippen molar-refractivity contribution in [2.24, 2.45) is 0 Å². The molecule has 1 aromatic heterocycles. The Hall–Kier alpha value is -2.16. The van der Waals surface area contributed by atoms with Gasteiger partial charge < -0.3 is 4.98 Å². The maximum absolute atomic E-state index is 10.8. The summed E-state index contributed by atoms with van der Waals surface area (Å²) in [5, 5.41) is 18.4. The van der Waals surface area contributed by atoms with Gasteiger partial charge in [-0.15, -0.1) is 0 Å². The van der Waals surface area contributed by atoms with Crippen molar-refractivity contribution >= 4 is 5.69 Å². The highest BCUT2D eigenvalue weighted by Crippen LogP contribution is 2.01. The third-order valence-corrected chi connectivity index (χ3v) is 1.21. The summed E-state index contributed by atoms with van der Waals surface area (Å²) >= 11 is 0. The fraction of sp³-hybridized carbons (Fsp3) is 0. The van der Waals surface area contributed by atoms with Gasteiger partial charge in [-0.05, 0) is 6.07 Å². The van der Waals surface area contributed by atoms with E-state index in [1.807, 2.05) is 4.98 Å². The van der Waals surface area contributed by atoms with Crippen LogP contribution in [0.4, 0.5) is 5.69 Å². The second-order valence-electron chi connectivity index (χ2n) is 1.96. The van der Waals surface area contributed by atoms with E-state index in [0.29, 0.717) is 0 Å². The van der Waals surface area contributed by atoms with E-state index in [-0.39, 0.29) is 5.69 Å². The van der Waals surface area contributed by atoms with E-state index in [1.54, 1.807) is 6.07 Å².